The number of likely N-dealkylation sites (N-methyl/N-ethyl adjacent to an activating group) is 1. The molecular weight excluding hydrogens is 146 g/mol. The Morgan fingerprint density at radius 2 is 1.75 bits per heavy atom. The first-order valence-corrected chi connectivity index (χ1v) is 4.68. The van der Waals surface area contributed by atoms with Gasteiger partial charge in [-0.2, -0.15) is 0 Å². The molecule has 0 fully saturated rings. The van der Waals surface area contributed by atoms with Crippen LogP contribution in [0, 0.1) is 6.42 Å². The van der Waals surface area contributed by atoms with Crippen molar-refractivity contribution in [3.63, 3.8) is 0 Å². The van der Waals surface area contributed by atoms with Crippen molar-refractivity contribution in [1.29, 1.82) is 0 Å². The quantitative estimate of drug-likeness (QED) is 0.619. The van der Waals surface area contributed by atoms with Gasteiger partial charge in [0.25, 0.3) is 0 Å². The molecule has 0 heterocycles. The largest absolute Gasteiger partial charge is 0.294 e. The normalized spacial score (nSPS) is 28.3. The van der Waals surface area contributed by atoms with E-state index in [-0.39, 0.29) is 5.54 Å². The Kier molecular flexibility index (Phi) is 3.10. The molecule has 67 valence electrons. The summed E-state index contributed by atoms with van der Waals surface area (Å²) in [6, 6.07) is 0. The van der Waals surface area contributed by atoms with Gasteiger partial charge in [-0.3, -0.25) is 4.90 Å². The molecule has 0 bridgehead atoms. The molecular formula is C11H18N. The molecule has 0 aromatic rings. The standard InChI is InChI=1S/C11H18N/c1-4-12(5-2)11(3)9-7-6-8-10-11/h6-10H,4-5H2,1-3H3. The highest BCUT2D eigenvalue weighted by atomic mass is 15.2. The highest BCUT2D eigenvalue weighted by Crippen LogP contribution is 2.23. The molecule has 0 saturated heterocycles. The Bertz CT molecular complexity index is 189. The summed E-state index contributed by atoms with van der Waals surface area (Å²) in [5, 5.41) is 0. The van der Waals surface area contributed by atoms with E-state index in [4.69, 9.17) is 0 Å². The first-order chi connectivity index (χ1) is 5.73. The molecule has 1 aliphatic carbocycles. The van der Waals surface area contributed by atoms with E-state index in [0.717, 1.165) is 13.1 Å². The molecule has 1 atom stereocenters. The molecule has 1 radical (unpaired) electrons. The van der Waals surface area contributed by atoms with Gasteiger partial charge in [-0.15, -0.1) is 0 Å². The molecule has 1 aliphatic rings. The molecule has 0 aliphatic heterocycles. The lowest BCUT2D eigenvalue weighted by molar-refractivity contribution is 0.195. The fourth-order valence-corrected chi connectivity index (χ4v) is 1.74. The molecule has 0 saturated carbocycles. The van der Waals surface area contributed by atoms with Crippen molar-refractivity contribution < 1.29 is 0 Å². The maximum Gasteiger partial charge on any atom is 0.0435 e. The van der Waals surface area contributed by atoms with E-state index >= 15 is 0 Å². The van der Waals surface area contributed by atoms with Crippen LogP contribution < -0.4 is 0 Å². The van der Waals surface area contributed by atoms with Crippen molar-refractivity contribution in [2.45, 2.75) is 26.3 Å². The predicted octanol–water partition coefficient (Wildman–Crippen LogP) is 2.42. The van der Waals surface area contributed by atoms with Crippen LogP contribution in [-0.4, -0.2) is 23.5 Å². The van der Waals surface area contributed by atoms with Crippen LogP contribution in [0.2, 0.25) is 0 Å². The van der Waals surface area contributed by atoms with E-state index in [9.17, 15) is 0 Å². The van der Waals surface area contributed by atoms with Gasteiger partial charge in [0.15, 0.2) is 0 Å². The molecule has 1 heteroatoms. The Balaban J connectivity index is 2.69. The van der Waals surface area contributed by atoms with Crippen LogP contribution in [0.4, 0.5) is 0 Å². The van der Waals surface area contributed by atoms with Gasteiger partial charge >= 0.3 is 0 Å². The Labute approximate surface area is 75.8 Å². The minimum Gasteiger partial charge on any atom is -0.294 e. The predicted molar refractivity (Wildman–Crippen MR) is 53.9 cm³/mol. The van der Waals surface area contributed by atoms with Crippen LogP contribution in [0.3, 0.4) is 0 Å². The van der Waals surface area contributed by atoms with E-state index in [0.29, 0.717) is 0 Å². The van der Waals surface area contributed by atoms with Gasteiger partial charge < -0.3 is 0 Å². The highest BCUT2D eigenvalue weighted by molar-refractivity contribution is 5.28. The summed E-state index contributed by atoms with van der Waals surface area (Å²) in [5.41, 5.74) is 0.137. The summed E-state index contributed by atoms with van der Waals surface area (Å²) < 4.78 is 0. The van der Waals surface area contributed by atoms with Crippen LogP contribution in [0.25, 0.3) is 0 Å². The monoisotopic (exact) mass is 164 g/mol. The second-order valence-electron chi connectivity index (χ2n) is 3.31. The first-order valence-electron chi connectivity index (χ1n) is 4.68. The van der Waals surface area contributed by atoms with Crippen LogP contribution in [0.5, 0.6) is 0 Å². The maximum absolute atomic E-state index is 2.44. The third-order valence-corrected chi connectivity index (χ3v) is 2.53. The smallest absolute Gasteiger partial charge is 0.0435 e. The van der Waals surface area contributed by atoms with Crippen molar-refractivity contribution in [2.24, 2.45) is 0 Å². The van der Waals surface area contributed by atoms with Gasteiger partial charge in [-0.1, -0.05) is 38.2 Å². The lowest BCUT2D eigenvalue weighted by Gasteiger charge is -2.38. The van der Waals surface area contributed by atoms with Gasteiger partial charge in [0, 0.05) is 12.0 Å². The van der Waals surface area contributed by atoms with Crippen molar-refractivity contribution in [3.05, 3.63) is 30.7 Å². The lowest BCUT2D eigenvalue weighted by atomic mass is 9.91. The number of allylic oxidation sites excluding steroid dienone is 2. The van der Waals surface area contributed by atoms with E-state index in [1.165, 1.54) is 0 Å². The third kappa shape index (κ3) is 1.78. The molecule has 1 nitrogen and oxygen atoms in total. The van der Waals surface area contributed by atoms with Gasteiger partial charge in [-0.25, -0.2) is 0 Å². The fraction of sp³-hybridized carbons (Fsp3) is 0.545. The zero-order valence-electron chi connectivity index (χ0n) is 8.25. The Morgan fingerprint density at radius 1 is 1.08 bits per heavy atom. The maximum atomic E-state index is 2.44. The second-order valence-corrected chi connectivity index (χ2v) is 3.31. The summed E-state index contributed by atoms with van der Waals surface area (Å²) in [6.07, 6.45) is 10.8. The zero-order valence-corrected chi connectivity index (χ0v) is 8.25. The topological polar surface area (TPSA) is 3.24 Å². The summed E-state index contributed by atoms with van der Waals surface area (Å²) in [6.45, 7) is 8.85. The number of hydrogen-bond donors (Lipinski definition) is 0. The summed E-state index contributed by atoms with van der Waals surface area (Å²) in [4.78, 5) is 2.44. The van der Waals surface area contributed by atoms with Crippen LogP contribution >= 0.6 is 0 Å². The first kappa shape index (κ1) is 9.53. The fourth-order valence-electron chi connectivity index (χ4n) is 1.74. The minimum absolute atomic E-state index is 0.137. The van der Waals surface area contributed by atoms with Gasteiger partial charge in [0.05, 0.1) is 0 Å². The average molecular weight is 164 g/mol. The van der Waals surface area contributed by atoms with Crippen molar-refractivity contribution >= 4 is 0 Å². The average Bonchev–Trinajstić information content (AvgIpc) is 2.07. The molecule has 0 spiro atoms. The van der Waals surface area contributed by atoms with Crippen LogP contribution in [0.15, 0.2) is 24.3 Å². The summed E-state index contributed by atoms with van der Waals surface area (Å²) >= 11 is 0. The number of rotatable bonds is 3. The third-order valence-electron chi connectivity index (χ3n) is 2.53. The van der Waals surface area contributed by atoms with Gasteiger partial charge in [-0.05, 0) is 20.0 Å². The SMILES string of the molecule is CCN(CC)C1(C)[CH]C=CC=C1. The van der Waals surface area contributed by atoms with Gasteiger partial charge in [0.1, 0.15) is 0 Å². The Morgan fingerprint density at radius 3 is 2.17 bits per heavy atom. The Hall–Kier alpha value is -0.560. The van der Waals surface area contributed by atoms with Crippen LogP contribution in [-0.2, 0) is 0 Å². The highest BCUT2D eigenvalue weighted by Gasteiger charge is 2.26. The molecule has 0 aromatic heterocycles. The second kappa shape index (κ2) is 3.90. The number of hydrogen-bond acceptors (Lipinski definition) is 1. The molecule has 0 amide bonds. The molecule has 1 unspecified atom stereocenters. The van der Waals surface area contributed by atoms with E-state index in [1.807, 2.05) is 0 Å². The summed E-state index contributed by atoms with van der Waals surface area (Å²) in [5.74, 6) is 0. The minimum atomic E-state index is 0.137. The zero-order chi connectivity index (χ0) is 9.03. The van der Waals surface area contributed by atoms with Crippen LogP contribution in [0.1, 0.15) is 20.8 Å². The van der Waals surface area contributed by atoms with E-state index < -0.39 is 0 Å². The van der Waals surface area contributed by atoms with Crippen molar-refractivity contribution in [1.82, 2.24) is 4.90 Å². The lowest BCUT2D eigenvalue weighted by Crippen LogP contribution is -2.45. The molecule has 0 N–H and O–H groups in total. The molecule has 12 heavy (non-hydrogen) atoms. The van der Waals surface area contributed by atoms with Crippen molar-refractivity contribution in [2.75, 3.05) is 13.1 Å². The molecule has 0 aromatic carbocycles. The van der Waals surface area contributed by atoms with E-state index in [2.05, 4.69) is 56.4 Å². The van der Waals surface area contributed by atoms with Crippen molar-refractivity contribution in [3.8, 4) is 0 Å². The van der Waals surface area contributed by atoms with Gasteiger partial charge in [0.2, 0.25) is 0 Å². The van der Waals surface area contributed by atoms with E-state index in [1.54, 1.807) is 0 Å². The number of nitrogens with zero attached hydrogens (tertiary/aromatic N) is 1. The molecule has 1 rings (SSSR count). The summed E-state index contributed by atoms with van der Waals surface area (Å²) in [7, 11) is 0.